The van der Waals surface area contributed by atoms with Gasteiger partial charge in [0.15, 0.2) is 0 Å². The van der Waals surface area contributed by atoms with Crippen LogP contribution >= 0.6 is 11.6 Å². The highest BCUT2D eigenvalue weighted by molar-refractivity contribution is 6.18. The fraction of sp³-hybridized carbons (Fsp3) is 0.533. The van der Waals surface area contributed by atoms with Crippen molar-refractivity contribution >= 4 is 17.6 Å². The number of esters is 1. The molecule has 0 amide bonds. The lowest BCUT2D eigenvalue weighted by atomic mass is 10.1. The maximum Gasteiger partial charge on any atom is 0.380 e. The third-order valence-corrected chi connectivity index (χ3v) is 3.54. The van der Waals surface area contributed by atoms with Gasteiger partial charge >= 0.3 is 30.2 Å². The van der Waals surface area contributed by atoms with Gasteiger partial charge in [0.2, 0.25) is 0 Å². The minimum Gasteiger partial charge on any atom is -0.455 e. The maximum atomic E-state index is 13.3. The van der Waals surface area contributed by atoms with Gasteiger partial charge < -0.3 is 9.47 Å². The molecule has 1 aromatic rings. The predicted octanol–water partition coefficient (Wildman–Crippen LogP) is 4.64. The number of hydrogen-bond donors (Lipinski definition) is 0. The van der Waals surface area contributed by atoms with Gasteiger partial charge in [-0.1, -0.05) is 18.2 Å². The van der Waals surface area contributed by atoms with Crippen LogP contribution in [0.5, 0.6) is 0 Å². The summed E-state index contributed by atoms with van der Waals surface area (Å²) >= 11 is 5.44. The van der Waals surface area contributed by atoms with E-state index >= 15 is 0 Å². The number of rotatable bonds is 10. The molecule has 0 aromatic heterocycles. The van der Waals surface area contributed by atoms with Crippen molar-refractivity contribution in [3.8, 4) is 0 Å². The molecule has 0 bridgehead atoms. The molecule has 0 aliphatic carbocycles. The lowest BCUT2D eigenvalue weighted by Gasteiger charge is -2.32. The van der Waals surface area contributed by atoms with Crippen molar-refractivity contribution in [1.29, 1.82) is 0 Å². The van der Waals surface area contributed by atoms with E-state index in [0.717, 1.165) is 0 Å². The number of alkyl halides is 9. The van der Waals surface area contributed by atoms with Gasteiger partial charge in [-0.05, 0) is 12.1 Å². The molecule has 0 aliphatic rings. The quantitative estimate of drug-likeness (QED) is 0.309. The van der Waals surface area contributed by atoms with Crippen molar-refractivity contribution < 1.29 is 49.4 Å². The summed E-state index contributed by atoms with van der Waals surface area (Å²) in [5, 5.41) is 0. The first kappa shape index (κ1) is 23.4. The van der Waals surface area contributed by atoms with Crippen molar-refractivity contribution in [3.63, 3.8) is 0 Å². The van der Waals surface area contributed by atoms with Crippen molar-refractivity contribution in [3.05, 3.63) is 35.9 Å². The summed E-state index contributed by atoms with van der Waals surface area (Å²) in [6, 6.07) is 7.30. The zero-order valence-corrected chi connectivity index (χ0v) is 14.0. The highest BCUT2D eigenvalue weighted by Gasteiger charge is 2.75. The largest absolute Gasteiger partial charge is 0.455 e. The van der Waals surface area contributed by atoms with Crippen LogP contribution < -0.4 is 0 Å². The topological polar surface area (TPSA) is 35.5 Å². The van der Waals surface area contributed by atoms with E-state index in [9.17, 15) is 39.9 Å². The molecule has 0 radical (unpaired) electrons. The maximum absolute atomic E-state index is 13.3. The first-order chi connectivity index (χ1) is 12.4. The predicted molar refractivity (Wildman–Crippen MR) is 78.0 cm³/mol. The van der Waals surface area contributed by atoms with Gasteiger partial charge in [0, 0.05) is 0 Å². The van der Waals surface area contributed by atoms with Crippen molar-refractivity contribution in [2.24, 2.45) is 0 Å². The molecule has 1 aromatic carbocycles. The van der Waals surface area contributed by atoms with Crippen LogP contribution in [0.15, 0.2) is 30.3 Å². The van der Waals surface area contributed by atoms with Crippen molar-refractivity contribution in [1.82, 2.24) is 0 Å². The van der Waals surface area contributed by atoms with E-state index in [0.29, 0.717) is 0 Å². The summed E-state index contributed by atoms with van der Waals surface area (Å²) in [7, 11) is 0. The summed E-state index contributed by atoms with van der Waals surface area (Å²) in [5.74, 6) is -19.7. The molecule has 0 N–H and O–H groups in total. The molecule has 3 nitrogen and oxygen atoms in total. The third-order valence-electron chi connectivity index (χ3n) is 3.19. The Morgan fingerprint density at radius 2 is 1.59 bits per heavy atom. The SMILES string of the molecule is O=C(OC(CCl)COCC(F)(F)C(F)(F)C(F)(F)C(F)F)c1ccccc1. The first-order valence-corrected chi connectivity index (χ1v) is 7.71. The molecule has 1 atom stereocenters. The van der Waals surface area contributed by atoms with Gasteiger partial charge in [-0.25, -0.2) is 13.6 Å². The Labute approximate surface area is 153 Å². The van der Waals surface area contributed by atoms with Gasteiger partial charge in [-0.3, -0.25) is 0 Å². The number of benzene rings is 1. The van der Waals surface area contributed by atoms with Crippen LogP contribution in [0.1, 0.15) is 10.4 Å². The Bertz CT molecular complexity index is 612. The Kier molecular flexibility index (Phi) is 7.85. The van der Waals surface area contributed by atoms with Gasteiger partial charge in [0.1, 0.15) is 12.7 Å². The molecule has 12 heteroatoms. The number of hydrogen-bond acceptors (Lipinski definition) is 3. The van der Waals surface area contributed by atoms with E-state index < -0.39 is 55.4 Å². The molecule has 0 saturated heterocycles. The molecule has 0 aliphatic heterocycles. The van der Waals surface area contributed by atoms with Crippen LogP contribution in [-0.2, 0) is 9.47 Å². The molecule has 27 heavy (non-hydrogen) atoms. The molecule has 1 rings (SSSR count). The summed E-state index contributed by atoms with van der Waals surface area (Å²) in [4.78, 5) is 11.8. The number of ether oxygens (including phenoxy) is 2. The summed E-state index contributed by atoms with van der Waals surface area (Å²) < 4.78 is 111. The number of carbonyl (C=O) groups excluding carboxylic acids is 1. The van der Waals surface area contributed by atoms with E-state index in [2.05, 4.69) is 4.74 Å². The lowest BCUT2D eigenvalue weighted by molar-refractivity contribution is -0.346. The Morgan fingerprint density at radius 3 is 2.07 bits per heavy atom. The minimum atomic E-state index is -6.37. The minimum absolute atomic E-state index is 0.0704. The summed E-state index contributed by atoms with van der Waals surface area (Å²) in [5.41, 5.74) is 0.0704. The van der Waals surface area contributed by atoms with Gasteiger partial charge in [-0.2, -0.15) is 26.3 Å². The van der Waals surface area contributed by atoms with Gasteiger partial charge in [-0.15, -0.1) is 11.6 Å². The second kappa shape index (κ2) is 9.05. The normalized spacial score (nSPS) is 14.3. The second-order valence-corrected chi connectivity index (χ2v) is 5.57. The molecule has 154 valence electrons. The molecular formula is C15H13ClF8O3. The average molecular weight is 429 g/mol. The second-order valence-electron chi connectivity index (χ2n) is 5.27. The molecule has 0 saturated carbocycles. The van der Waals surface area contributed by atoms with E-state index in [1.807, 2.05) is 0 Å². The summed E-state index contributed by atoms with van der Waals surface area (Å²) in [6.07, 6.45) is -6.39. The fourth-order valence-electron chi connectivity index (χ4n) is 1.69. The first-order valence-electron chi connectivity index (χ1n) is 7.18. The Hall–Kier alpha value is -1.62. The van der Waals surface area contributed by atoms with Crippen LogP contribution in [0.3, 0.4) is 0 Å². The Morgan fingerprint density at radius 1 is 1.04 bits per heavy atom. The average Bonchev–Trinajstić information content (AvgIpc) is 2.60. The van der Waals surface area contributed by atoms with Crippen molar-refractivity contribution in [2.45, 2.75) is 30.3 Å². The Balaban J connectivity index is 2.66. The van der Waals surface area contributed by atoms with E-state index in [4.69, 9.17) is 16.3 Å². The summed E-state index contributed by atoms with van der Waals surface area (Å²) in [6.45, 7) is -3.27. The number of carbonyl (C=O) groups is 1. The highest BCUT2D eigenvalue weighted by Crippen LogP contribution is 2.48. The molecule has 0 spiro atoms. The standard InChI is InChI=1S/C15H13ClF8O3/c16-6-10(27-11(25)9-4-2-1-3-5-9)7-26-8-13(19,20)15(23,24)14(21,22)12(17)18/h1-5,10,12H,6-8H2. The molecule has 1 unspecified atom stereocenters. The van der Waals surface area contributed by atoms with Crippen LogP contribution in [0.2, 0.25) is 0 Å². The van der Waals surface area contributed by atoms with E-state index in [1.54, 1.807) is 6.07 Å². The van der Waals surface area contributed by atoms with Crippen LogP contribution in [-0.4, -0.2) is 55.4 Å². The van der Waals surface area contributed by atoms with Crippen LogP contribution in [0, 0.1) is 0 Å². The smallest absolute Gasteiger partial charge is 0.380 e. The zero-order chi connectivity index (χ0) is 20.9. The molecule has 0 heterocycles. The highest BCUT2D eigenvalue weighted by atomic mass is 35.5. The lowest BCUT2D eigenvalue weighted by Crippen LogP contribution is -2.59. The monoisotopic (exact) mass is 428 g/mol. The van der Waals surface area contributed by atoms with Gasteiger partial charge in [0.25, 0.3) is 0 Å². The van der Waals surface area contributed by atoms with Crippen LogP contribution in [0.4, 0.5) is 35.1 Å². The van der Waals surface area contributed by atoms with Crippen molar-refractivity contribution in [2.75, 3.05) is 19.1 Å². The van der Waals surface area contributed by atoms with E-state index in [1.165, 1.54) is 24.3 Å². The van der Waals surface area contributed by atoms with Crippen LogP contribution in [0.25, 0.3) is 0 Å². The molecule has 0 fully saturated rings. The third kappa shape index (κ3) is 5.44. The van der Waals surface area contributed by atoms with Gasteiger partial charge in [0.05, 0.1) is 18.1 Å². The molecular weight excluding hydrogens is 416 g/mol. The fourth-order valence-corrected chi connectivity index (χ4v) is 1.85. The van der Waals surface area contributed by atoms with E-state index in [-0.39, 0.29) is 5.56 Å². The number of halogens is 9. The zero-order valence-electron chi connectivity index (χ0n) is 13.3.